The summed E-state index contributed by atoms with van der Waals surface area (Å²) in [4.78, 5) is 10.8. The lowest BCUT2D eigenvalue weighted by Gasteiger charge is -2.13. The molecule has 0 bridgehead atoms. The zero-order valence-electron chi connectivity index (χ0n) is 28.7. The van der Waals surface area contributed by atoms with E-state index in [0.717, 1.165) is 61.0 Å². The molecular formula is C50H31N3. The van der Waals surface area contributed by atoms with Crippen molar-refractivity contribution in [3.05, 3.63) is 188 Å². The van der Waals surface area contributed by atoms with Gasteiger partial charge in [-0.2, -0.15) is 0 Å². The lowest BCUT2D eigenvalue weighted by molar-refractivity contribution is 1.10. The Morgan fingerprint density at radius 1 is 0.340 bits per heavy atom. The van der Waals surface area contributed by atoms with Gasteiger partial charge in [0, 0.05) is 27.6 Å². The molecule has 3 nitrogen and oxygen atoms in total. The van der Waals surface area contributed by atoms with Gasteiger partial charge >= 0.3 is 0 Å². The molecule has 0 atom stereocenters. The smallest absolute Gasteiger partial charge is 0.145 e. The van der Waals surface area contributed by atoms with Crippen LogP contribution in [0, 0.1) is 0 Å². The summed E-state index contributed by atoms with van der Waals surface area (Å²) in [6, 6.07) is 67.2. The van der Waals surface area contributed by atoms with Crippen LogP contribution in [-0.4, -0.2) is 14.5 Å². The first-order valence-electron chi connectivity index (χ1n) is 18.1. The van der Waals surface area contributed by atoms with E-state index in [1.54, 1.807) is 0 Å². The minimum Gasteiger partial charge on any atom is -0.292 e. The van der Waals surface area contributed by atoms with Crippen LogP contribution in [0.4, 0.5) is 0 Å². The van der Waals surface area contributed by atoms with Crippen LogP contribution in [0.5, 0.6) is 0 Å². The van der Waals surface area contributed by atoms with E-state index in [1.807, 2.05) is 6.07 Å². The molecule has 53 heavy (non-hydrogen) atoms. The summed E-state index contributed by atoms with van der Waals surface area (Å²) in [7, 11) is 0. The van der Waals surface area contributed by atoms with Crippen LogP contribution in [0.15, 0.2) is 188 Å². The van der Waals surface area contributed by atoms with Gasteiger partial charge in [0.15, 0.2) is 0 Å². The van der Waals surface area contributed by atoms with Crippen LogP contribution in [0.25, 0.3) is 104 Å². The Morgan fingerprint density at radius 2 is 0.868 bits per heavy atom. The van der Waals surface area contributed by atoms with Crippen LogP contribution in [0.3, 0.4) is 0 Å². The van der Waals surface area contributed by atoms with Crippen molar-refractivity contribution >= 4 is 65.0 Å². The van der Waals surface area contributed by atoms with Crippen molar-refractivity contribution in [3.8, 4) is 39.5 Å². The Bertz CT molecular complexity index is 3160. The van der Waals surface area contributed by atoms with E-state index < -0.39 is 0 Å². The third kappa shape index (κ3) is 4.61. The number of hydrogen-bond acceptors (Lipinski definition) is 2. The number of nitrogens with zero attached hydrogens (tertiary/aromatic N) is 3. The third-order valence-electron chi connectivity index (χ3n) is 10.8. The molecule has 11 rings (SSSR count). The normalized spacial score (nSPS) is 11.8. The van der Waals surface area contributed by atoms with Gasteiger partial charge in [0.05, 0.1) is 22.2 Å². The van der Waals surface area contributed by atoms with E-state index in [9.17, 15) is 0 Å². The number of rotatable bonds is 4. The molecule has 0 aliphatic heterocycles. The molecule has 0 aliphatic rings. The van der Waals surface area contributed by atoms with E-state index in [-0.39, 0.29) is 0 Å². The summed E-state index contributed by atoms with van der Waals surface area (Å²) in [5, 5.41) is 11.0. The van der Waals surface area contributed by atoms with Gasteiger partial charge in [0.2, 0.25) is 0 Å². The largest absolute Gasteiger partial charge is 0.292 e. The van der Waals surface area contributed by atoms with Gasteiger partial charge in [0.25, 0.3) is 0 Å². The number of imidazole rings is 1. The highest BCUT2D eigenvalue weighted by atomic mass is 15.1. The van der Waals surface area contributed by atoms with Gasteiger partial charge in [-0.3, -0.25) is 4.57 Å². The fraction of sp³-hybridized carbons (Fsp3) is 0. The highest BCUT2D eigenvalue weighted by molar-refractivity contribution is 6.26. The second kappa shape index (κ2) is 11.7. The fourth-order valence-corrected chi connectivity index (χ4v) is 8.32. The molecule has 3 heteroatoms. The summed E-state index contributed by atoms with van der Waals surface area (Å²) in [6.07, 6.45) is 0. The van der Waals surface area contributed by atoms with Crippen molar-refractivity contribution in [1.29, 1.82) is 0 Å². The molecule has 0 fully saturated rings. The molecule has 0 aliphatic carbocycles. The molecule has 0 saturated heterocycles. The first kappa shape index (κ1) is 29.6. The Labute approximate surface area is 306 Å². The minimum atomic E-state index is 0.908. The van der Waals surface area contributed by atoms with Crippen molar-refractivity contribution in [1.82, 2.24) is 14.5 Å². The minimum absolute atomic E-state index is 0.908. The fourth-order valence-electron chi connectivity index (χ4n) is 8.32. The molecule has 11 aromatic rings. The molecule has 0 saturated carbocycles. The zero-order valence-corrected chi connectivity index (χ0v) is 28.7. The summed E-state index contributed by atoms with van der Waals surface area (Å²) in [6.45, 7) is 0. The lowest BCUT2D eigenvalue weighted by atomic mass is 9.91. The maximum absolute atomic E-state index is 5.44. The predicted molar refractivity (Wildman–Crippen MR) is 223 cm³/mol. The van der Waals surface area contributed by atoms with Gasteiger partial charge < -0.3 is 0 Å². The van der Waals surface area contributed by atoms with Crippen molar-refractivity contribution < 1.29 is 0 Å². The topological polar surface area (TPSA) is 30.7 Å². The average molecular weight is 674 g/mol. The number of para-hydroxylation sites is 2. The Morgan fingerprint density at radius 3 is 1.57 bits per heavy atom. The summed E-state index contributed by atoms with van der Waals surface area (Å²) < 4.78 is 2.28. The molecule has 0 N–H and O–H groups in total. The quantitative estimate of drug-likeness (QED) is 0.174. The molecule has 9 aromatic carbocycles. The van der Waals surface area contributed by atoms with Gasteiger partial charge in [-0.15, -0.1) is 0 Å². The van der Waals surface area contributed by atoms with Crippen LogP contribution in [0.1, 0.15) is 0 Å². The third-order valence-corrected chi connectivity index (χ3v) is 10.8. The van der Waals surface area contributed by atoms with Crippen LogP contribution < -0.4 is 0 Å². The molecule has 0 spiro atoms. The summed E-state index contributed by atoms with van der Waals surface area (Å²) in [5.74, 6) is 0.908. The first-order valence-corrected chi connectivity index (χ1v) is 18.1. The average Bonchev–Trinajstić information content (AvgIpc) is 3.64. The maximum Gasteiger partial charge on any atom is 0.145 e. The highest BCUT2D eigenvalue weighted by Gasteiger charge is 2.21. The molecule has 0 amide bonds. The number of fused-ring (bicyclic) bond motifs is 11. The maximum atomic E-state index is 5.44. The number of benzene rings is 9. The summed E-state index contributed by atoms with van der Waals surface area (Å²) in [5.41, 5.74) is 9.46. The summed E-state index contributed by atoms with van der Waals surface area (Å²) >= 11 is 0. The molecule has 2 aromatic heterocycles. The van der Waals surface area contributed by atoms with Gasteiger partial charge in [0.1, 0.15) is 5.82 Å². The molecule has 0 radical (unpaired) electrons. The van der Waals surface area contributed by atoms with E-state index in [2.05, 4.69) is 187 Å². The first-order chi connectivity index (χ1) is 26.3. The number of aromatic nitrogens is 3. The van der Waals surface area contributed by atoms with Crippen molar-refractivity contribution in [2.24, 2.45) is 0 Å². The van der Waals surface area contributed by atoms with E-state index in [0.29, 0.717) is 0 Å². The van der Waals surface area contributed by atoms with Crippen LogP contribution >= 0.6 is 0 Å². The SMILES string of the molecule is c1ccc(-c2nc3c4c(-c5ccc(-c6ccc7c8ccccc8c8ccccc8c7c6)cc5)nc5ccccc5c4ccc3n2-c2ccccc2)cc1. The second-order valence-corrected chi connectivity index (χ2v) is 13.7. The van der Waals surface area contributed by atoms with E-state index >= 15 is 0 Å². The van der Waals surface area contributed by atoms with Gasteiger partial charge in [-0.05, 0) is 79.2 Å². The lowest BCUT2D eigenvalue weighted by Crippen LogP contribution is -1.97. The van der Waals surface area contributed by atoms with Crippen LogP contribution in [0.2, 0.25) is 0 Å². The van der Waals surface area contributed by atoms with Gasteiger partial charge in [-0.1, -0.05) is 158 Å². The second-order valence-electron chi connectivity index (χ2n) is 13.7. The van der Waals surface area contributed by atoms with E-state index in [4.69, 9.17) is 9.97 Å². The number of pyridine rings is 1. The van der Waals surface area contributed by atoms with Crippen LogP contribution in [-0.2, 0) is 0 Å². The molecule has 246 valence electrons. The van der Waals surface area contributed by atoms with Gasteiger partial charge in [-0.25, -0.2) is 9.97 Å². The molecule has 2 heterocycles. The van der Waals surface area contributed by atoms with E-state index in [1.165, 1.54) is 43.4 Å². The Kier molecular flexibility index (Phi) is 6.55. The monoisotopic (exact) mass is 673 g/mol. The zero-order chi connectivity index (χ0) is 34.9. The Hall–Kier alpha value is -7.10. The van der Waals surface area contributed by atoms with Crippen molar-refractivity contribution in [2.75, 3.05) is 0 Å². The highest BCUT2D eigenvalue weighted by Crippen LogP contribution is 2.41. The van der Waals surface area contributed by atoms with Crippen molar-refractivity contribution in [2.45, 2.75) is 0 Å². The number of hydrogen-bond donors (Lipinski definition) is 0. The predicted octanol–water partition coefficient (Wildman–Crippen LogP) is 13.2. The molecule has 0 unspecified atom stereocenters. The Balaban J connectivity index is 1.13. The standard InChI is InChI=1S/C50H31N3/c1-3-13-34(14-4-1)50-52-49-46(53(50)36-15-5-2-6-16-36)30-29-43-42-21-11-12-22-45(42)51-48(47(43)49)33-25-23-32(24-26-33)35-27-28-41-39-19-8-7-17-37(39)38-18-9-10-20-40(38)44(41)31-35/h1-31H. The molecular weight excluding hydrogens is 643 g/mol. The van der Waals surface area contributed by atoms with Crippen molar-refractivity contribution in [3.63, 3.8) is 0 Å².